The highest BCUT2D eigenvalue weighted by molar-refractivity contribution is 6.00. The van der Waals surface area contributed by atoms with E-state index in [-0.39, 0.29) is 11.7 Å². The molecule has 2 heterocycles. The number of nitrogens with zero attached hydrogens (tertiary/aromatic N) is 2. The van der Waals surface area contributed by atoms with Crippen molar-refractivity contribution in [3.05, 3.63) is 65.6 Å². The number of carbonyl (C=O) groups excluding carboxylic acids is 1. The van der Waals surface area contributed by atoms with E-state index < -0.39 is 0 Å². The number of aryl methyl sites for hydroxylation is 1. The van der Waals surface area contributed by atoms with E-state index in [9.17, 15) is 9.18 Å². The second-order valence-corrected chi connectivity index (χ2v) is 7.06. The number of anilines is 2. The van der Waals surface area contributed by atoms with Crippen LogP contribution in [-0.2, 0) is 0 Å². The molecule has 1 amide bonds. The molecule has 1 fully saturated rings. The molecule has 0 spiro atoms. The van der Waals surface area contributed by atoms with Crippen molar-refractivity contribution in [1.82, 2.24) is 9.88 Å². The van der Waals surface area contributed by atoms with Crippen molar-refractivity contribution in [2.75, 3.05) is 18.4 Å². The highest BCUT2D eigenvalue weighted by atomic mass is 19.1. The van der Waals surface area contributed by atoms with Crippen molar-refractivity contribution in [3.63, 3.8) is 0 Å². The van der Waals surface area contributed by atoms with E-state index in [1.807, 2.05) is 30.0 Å². The van der Waals surface area contributed by atoms with Gasteiger partial charge in [0.25, 0.3) is 5.91 Å². The number of aromatic nitrogens is 1. The molecule has 1 N–H and O–H groups in total. The topological polar surface area (TPSA) is 45.2 Å². The number of nitrogens with one attached hydrogen (secondary N) is 1. The molecule has 1 aromatic heterocycles. The monoisotopic (exact) mass is 363 g/mol. The molecule has 0 aliphatic carbocycles. The Morgan fingerprint density at radius 3 is 2.67 bits per heavy atom. The first-order valence-corrected chi connectivity index (χ1v) is 9.33. The van der Waals surface area contributed by atoms with Gasteiger partial charge >= 0.3 is 0 Å². The fourth-order valence-corrected chi connectivity index (χ4v) is 3.53. The van der Waals surface area contributed by atoms with Crippen LogP contribution < -0.4 is 5.32 Å². The van der Waals surface area contributed by atoms with Gasteiger partial charge in [-0.25, -0.2) is 9.37 Å². The van der Waals surface area contributed by atoms with Crippen LogP contribution in [0.2, 0.25) is 0 Å². The lowest BCUT2D eigenvalue weighted by molar-refractivity contribution is 0.0719. The molecule has 0 unspecified atom stereocenters. The Morgan fingerprint density at radius 2 is 1.89 bits per heavy atom. The maximum absolute atomic E-state index is 13.6. The maximum Gasteiger partial charge on any atom is 0.272 e. The molecule has 4 nitrogen and oxygen atoms in total. The first kappa shape index (κ1) is 17.5. The van der Waals surface area contributed by atoms with E-state index in [1.165, 1.54) is 18.6 Å². The van der Waals surface area contributed by atoms with E-state index in [0.29, 0.717) is 11.4 Å². The predicted octanol–water partition coefficient (Wildman–Crippen LogP) is 5.05. The molecular formula is C22H22FN3O. The van der Waals surface area contributed by atoms with Crippen LogP contribution in [0.4, 0.5) is 15.8 Å². The molecule has 2 aromatic carbocycles. The number of hydrogen-bond donors (Lipinski definition) is 1. The Balaban J connectivity index is 1.77. The summed E-state index contributed by atoms with van der Waals surface area (Å²) in [5, 5.41) is 4.17. The summed E-state index contributed by atoms with van der Waals surface area (Å²) in [4.78, 5) is 19.4. The van der Waals surface area contributed by atoms with E-state index in [4.69, 9.17) is 0 Å². The Labute approximate surface area is 158 Å². The number of likely N-dealkylation sites (tertiary alicyclic amines) is 1. The number of piperidine rings is 1. The molecule has 0 radical (unpaired) electrons. The van der Waals surface area contributed by atoms with Gasteiger partial charge in [-0.05, 0) is 62.6 Å². The van der Waals surface area contributed by atoms with Gasteiger partial charge in [0.1, 0.15) is 11.5 Å². The van der Waals surface area contributed by atoms with Crippen molar-refractivity contribution >= 4 is 28.2 Å². The predicted molar refractivity (Wildman–Crippen MR) is 106 cm³/mol. The quantitative estimate of drug-likeness (QED) is 0.708. The molecule has 1 aliphatic heterocycles. The standard InChI is InChI=1S/C22H22FN3O/c1-15-8-9-19-18(12-15)20(24-17-7-5-6-16(23)13-17)14-21(25-19)22(27)26-10-3-2-4-11-26/h5-9,12-14H,2-4,10-11H2,1H3,(H,24,25). The average molecular weight is 363 g/mol. The molecule has 1 saturated heterocycles. The fraction of sp³-hybridized carbons (Fsp3) is 0.273. The number of benzene rings is 2. The summed E-state index contributed by atoms with van der Waals surface area (Å²) in [5.74, 6) is -0.348. The molecule has 27 heavy (non-hydrogen) atoms. The molecule has 1 aliphatic rings. The molecule has 3 aromatic rings. The number of amides is 1. The average Bonchev–Trinajstić information content (AvgIpc) is 2.68. The number of pyridine rings is 1. The first-order chi connectivity index (χ1) is 13.1. The molecule has 5 heteroatoms. The third-order valence-corrected chi connectivity index (χ3v) is 4.93. The lowest BCUT2D eigenvalue weighted by Gasteiger charge is -2.26. The van der Waals surface area contributed by atoms with Gasteiger partial charge in [-0.2, -0.15) is 0 Å². The highest BCUT2D eigenvalue weighted by Gasteiger charge is 2.21. The molecular weight excluding hydrogens is 341 g/mol. The van der Waals surface area contributed by atoms with Gasteiger partial charge in [-0.3, -0.25) is 4.79 Å². The lowest BCUT2D eigenvalue weighted by Crippen LogP contribution is -2.36. The Kier molecular flexibility index (Phi) is 4.75. The molecule has 138 valence electrons. The van der Waals surface area contributed by atoms with Gasteiger partial charge < -0.3 is 10.2 Å². The smallest absolute Gasteiger partial charge is 0.272 e. The minimum Gasteiger partial charge on any atom is -0.355 e. The van der Waals surface area contributed by atoms with Gasteiger partial charge in [0, 0.05) is 24.2 Å². The Bertz CT molecular complexity index is 996. The van der Waals surface area contributed by atoms with E-state index in [1.54, 1.807) is 18.2 Å². The number of rotatable bonds is 3. The van der Waals surface area contributed by atoms with Gasteiger partial charge in [-0.1, -0.05) is 17.7 Å². The van der Waals surface area contributed by atoms with Crippen LogP contribution in [0, 0.1) is 12.7 Å². The number of carbonyl (C=O) groups is 1. The maximum atomic E-state index is 13.6. The Hall–Kier alpha value is -2.95. The zero-order valence-corrected chi connectivity index (χ0v) is 15.3. The lowest BCUT2D eigenvalue weighted by atomic mass is 10.1. The van der Waals surface area contributed by atoms with Crippen LogP contribution >= 0.6 is 0 Å². The normalized spacial score (nSPS) is 14.4. The first-order valence-electron chi connectivity index (χ1n) is 9.33. The van der Waals surface area contributed by atoms with Gasteiger partial charge in [0.2, 0.25) is 0 Å². The largest absolute Gasteiger partial charge is 0.355 e. The third-order valence-electron chi connectivity index (χ3n) is 4.93. The van der Waals surface area contributed by atoms with E-state index in [0.717, 1.165) is 48.1 Å². The SMILES string of the molecule is Cc1ccc2nc(C(=O)N3CCCCC3)cc(Nc3cccc(F)c3)c2c1. The zero-order chi connectivity index (χ0) is 18.8. The molecule has 0 saturated carbocycles. The minimum atomic E-state index is -0.306. The van der Waals surface area contributed by atoms with Crippen molar-refractivity contribution in [1.29, 1.82) is 0 Å². The van der Waals surface area contributed by atoms with Crippen molar-refractivity contribution in [2.24, 2.45) is 0 Å². The number of hydrogen-bond acceptors (Lipinski definition) is 3. The van der Waals surface area contributed by atoms with Crippen LogP contribution in [0.1, 0.15) is 35.3 Å². The van der Waals surface area contributed by atoms with Crippen LogP contribution in [0.25, 0.3) is 10.9 Å². The fourth-order valence-electron chi connectivity index (χ4n) is 3.53. The molecule has 4 rings (SSSR count). The second-order valence-electron chi connectivity index (χ2n) is 7.06. The summed E-state index contributed by atoms with van der Waals surface area (Å²) in [6, 6.07) is 14.0. The van der Waals surface area contributed by atoms with Crippen LogP contribution in [-0.4, -0.2) is 28.9 Å². The summed E-state index contributed by atoms with van der Waals surface area (Å²) >= 11 is 0. The second kappa shape index (κ2) is 7.35. The number of halogens is 1. The highest BCUT2D eigenvalue weighted by Crippen LogP contribution is 2.28. The van der Waals surface area contributed by atoms with Gasteiger partial charge in [0.15, 0.2) is 0 Å². The van der Waals surface area contributed by atoms with Crippen molar-refractivity contribution in [2.45, 2.75) is 26.2 Å². The third kappa shape index (κ3) is 3.77. The zero-order valence-electron chi connectivity index (χ0n) is 15.3. The van der Waals surface area contributed by atoms with E-state index >= 15 is 0 Å². The summed E-state index contributed by atoms with van der Waals surface area (Å²) in [7, 11) is 0. The van der Waals surface area contributed by atoms with Gasteiger partial charge in [0.05, 0.1) is 11.2 Å². The molecule has 0 bridgehead atoms. The summed E-state index contributed by atoms with van der Waals surface area (Å²) in [6.45, 7) is 3.57. The minimum absolute atomic E-state index is 0.0422. The van der Waals surface area contributed by atoms with Crippen LogP contribution in [0.5, 0.6) is 0 Å². The Morgan fingerprint density at radius 1 is 1.07 bits per heavy atom. The van der Waals surface area contributed by atoms with E-state index in [2.05, 4.69) is 10.3 Å². The summed E-state index contributed by atoms with van der Waals surface area (Å²) in [6.07, 6.45) is 3.24. The van der Waals surface area contributed by atoms with Crippen LogP contribution in [0.3, 0.4) is 0 Å². The van der Waals surface area contributed by atoms with Crippen LogP contribution in [0.15, 0.2) is 48.5 Å². The summed E-state index contributed by atoms with van der Waals surface area (Å²) < 4.78 is 13.6. The van der Waals surface area contributed by atoms with Crippen molar-refractivity contribution in [3.8, 4) is 0 Å². The molecule has 0 atom stereocenters. The number of fused-ring (bicyclic) bond motifs is 1. The summed E-state index contributed by atoms with van der Waals surface area (Å²) in [5.41, 5.74) is 3.67. The van der Waals surface area contributed by atoms with Gasteiger partial charge in [-0.15, -0.1) is 0 Å². The van der Waals surface area contributed by atoms with Crippen molar-refractivity contribution < 1.29 is 9.18 Å².